The van der Waals surface area contributed by atoms with Gasteiger partial charge in [-0.3, -0.25) is 0 Å². The average Bonchev–Trinajstić information content (AvgIpc) is 2.84. The zero-order valence-corrected chi connectivity index (χ0v) is 11.1. The van der Waals surface area contributed by atoms with Crippen molar-refractivity contribution in [1.82, 2.24) is 20.0 Å². The largest absolute Gasteiger partial charge is 0.197 e. The molecular weight excluding hydrogens is 224 g/mol. The molecule has 0 aliphatic heterocycles. The van der Waals surface area contributed by atoms with Crippen molar-refractivity contribution in [3.63, 3.8) is 0 Å². The van der Waals surface area contributed by atoms with Crippen LogP contribution in [0, 0.1) is 13.8 Å². The SMILES string of the molecule is Cc1c(C)n2nnnc2c2c(C(C)C)cccc12. The zero-order chi connectivity index (χ0) is 12.9. The van der Waals surface area contributed by atoms with Crippen molar-refractivity contribution in [3.8, 4) is 0 Å². The summed E-state index contributed by atoms with van der Waals surface area (Å²) in [5, 5.41) is 14.5. The molecule has 0 fully saturated rings. The maximum absolute atomic E-state index is 4.19. The number of aromatic nitrogens is 4. The Balaban J connectivity index is 2.63. The second-order valence-corrected chi connectivity index (χ2v) is 5.05. The first-order valence-corrected chi connectivity index (χ1v) is 6.21. The molecule has 0 N–H and O–H groups in total. The molecule has 0 bridgehead atoms. The number of nitrogens with zero attached hydrogens (tertiary/aromatic N) is 4. The normalized spacial score (nSPS) is 11.8. The van der Waals surface area contributed by atoms with Crippen LogP contribution >= 0.6 is 0 Å². The Hall–Kier alpha value is -1.97. The molecular formula is C14H16N4. The van der Waals surface area contributed by atoms with E-state index in [1.807, 2.05) is 4.52 Å². The molecule has 18 heavy (non-hydrogen) atoms. The van der Waals surface area contributed by atoms with Gasteiger partial charge in [0.1, 0.15) is 0 Å². The molecule has 2 aromatic heterocycles. The smallest absolute Gasteiger partial charge is 0.187 e. The predicted octanol–water partition coefficient (Wildman–Crippen LogP) is 3.02. The molecule has 3 rings (SSSR count). The highest BCUT2D eigenvalue weighted by atomic mass is 15.5. The summed E-state index contributed by atoms with van der Waals surface area (Å²) in [6.45, 7) is 8.58. The number of benzene rings is 1. The monoisotopic (exact) mass is 240 g/mol. The minimum absolute atomic E-state index is 0.455. The molecule has 4 nitrogen and oxygen atoms in total. The van der Waals surface area contributed by atoms with E-state index in [9.17, 15) is 0 Å². The van der Waals surface area contributed by atoms with Crippen molar-refractivity contribution in [2.24, 2.45) is 0 Å². The Labute approximate surface area is 106 Å². The molecule has 0 unspecified atom stereocenters. The second-order valence-electron chi connectivity index (χ2n) is 5.05. The molecule has 0 amide bonds. The van der Waals surface area contributed by atoms with Gasteiger partial charge < -0.3 is 0 Å². The first-order chi connectivity index (χ1) is 8.61. The summed E-state index contributed by atoms with van der Waals surface area (Å²) in [5.41, 5.74) is 4.50. The maximum Gasteiger partial charge on any atom is 0.187 e. The van der Waals surface area contributed by atoms with Crippen LogP contribution in [0.5, 0.6) is 0 Å². The third-order valence-electron chi connectivity index (χ3n) is 3.68. The van der Waals surface area contributed by atoms with Gasteiger partial charge in [0.25, 0.3) is 0 Å². The minimum Gasteiger partial charge on any atom is -0.197 e. The Kier molecular flexibility index (Phi) is 2.33. The van der Waals surface area contributed by atoms with Crippen molar-refractivity contribution in [3.05, 3.63) is 35.0 Å². The van der Waals surface area contributed by atoms with Crippen molar-refractivity contribution in [2.45, 2.75) is 33.6 Å². The lowest BCUT2D eigenvalue weighted by atomic mass is 9.94. The summed E-state index contributed by atoms with van der Waals surface area (Å²) in [7, 11) is 0. The van der Waals surface area contributed by atoms with E-state index in [4.69, 9.17) is 0 Å². The number of hydrogen-bond acceptors (Lipinski definition) is 3. The highest BCUT2D eigenvalue weighted by Gasteiger charge is 2.15. The van der Waals surface area contributed by atoms with Gasteiger partial charge in [-0.2, -0.15) is 4.52 Å². The summed E-state index contributed by atoms with van der Waals surface area (Å²) < 4.78 is 1.84. The maximum atomic E-state index is 4.19. The van der Waals surface area contributed by atoms with E-state index in [-0.39, 0.29) is 0 Å². The Morgan fingerprint density at radius 3 is 2.67 bits per heavy atom. The molecule has 92 valence electrons. The number of rotatable bonds is 1. The molecule has 0 aliphatic rings. The molecule has 0 atom stereocenters. The number of tetrazole rings is 1. The number of pyridine rings is 1. The summed E-state index contributed by atoms with van der Waals surface area (Å²) in [5.74, 6) is 0.455. The van der Waals surface area contributed by atoms with Crippen LogP contribution in [0.2, 0.25) is 0 Å². The van der Waals surface area contributed by atoms with Gasteiger partial charge in [0.2, 0.25) is 0 Å². The summed E-state index contributed by atoms with van der Waals surface area (Å²) in [6, 6.07) is 6.43. The molecule has 1 aromatic carbocycles. The van der Waals surface area contributed by atoms with Crippen LogP contribution in [0.25, 0.3) is 16.4 Å². The van der Waals surface area contributed by atoms with E-state index in [1.54, 1.807) is 0 Å². The molecule has 3 aromatic rings. The van der Waals surface area contributed by atoms with Crippen molar-refractivity contribution < 1.29 is 0 Å². The topological polar surface area (TPSA) is 43.1 Å². The standard InChI is InChI=1S/C14H16N4/c1-8(2)11-6-5-7-12-9(3)10(4)18-14(13(11)12)15-16-17-18/h5-8H,1-4H3. The molecule has 4 heteroatoms. The molecule has 0 saturated carbocycles. The molecule has 0 aliphatic carbocycles. The fraction of sp³-hybridized carbons (Fsp3) is 0.357. The van der Waals surface area contributed by atoms with Crippen LogP contribution < -0.4 is 0 Å². The lowest BCUT2D eigenvalue weighted by Gasteiger charge is -2.13. The number of aryl methyl sites for hydroxylation is 2. The third kappa shape index (κ3) is 1.35. The molecule has 0 saturated heterocycles. The van der Waals surface area contributed by atoms with Crippen LogP contribution in [-0.4, -0.2) is 20.0 Å². The van der Waals surface area contributed by atoms with Gasteiger partial charge >= 0.3 is 0 Å². The predicted molar refractivity (Wildman–Crippen MR) is 71.9 cm³/mol. The van der Waals surface area contributed by atoms with Crippen LogP contribution in [0.4, 0.5) is 0 Å². The second kappa shape index (κ2) is 3.77. The van der Waals surface area contributed by atoms with E-state index in [0.29, 0.717) is 5.92 Å². The van der Waals surface area contributed by atoms with Gasteiger partial charge in [-0.25, -0.2) is 0 Å². The summed E-state index contributed by atoms with van der Waals surface area (Å²) in [6.07, 6.45) is 0. The van der Waals surface area contributed by atoms with E-state index < -0.39 is 0 Å². The molecule has 0 radical (unpaired) electrons. The van der Waals surface area contributed by atoms with E-state index in [0.717, 1.165) is 11.3 Å². The van der Waals surface area contributed by atoms with Crippen LogP contribution in [0.1, 0.15) is 36.6 Å². The van der Waals surface area contributed by atoms with Crippen molar-refractivity contribution in [1.29, 1.82) is 0 Å². The van der Waals surface area contributed by atoms with E-state index >= 15 is 0 Å². The summed E-state index contributed by atoms with van der Waals surface area (Å²) >= 11 is 0. The van der Waals surface area contributed by atoms with Gasteiger partial charge in [-0.1, -0.05) is 32.0 Å². The highest BCUT2D eigenvalue weighted by Crippen LogP contribution is 2.31. The van der Waals surface area contributed by atoms with Gasteiger partial charge in [0, 0.05) is 11.1 Å². The fourth-order valence-electron chi connectivity index (χ4n) is 2.54. The quantitative estimate of drug-likeness (QED) is 0.656. The summed E-state index contributed by atoms with van der Waals surface area (Å²) in [4.78, 5) is 0. The van der Waals surface area contributed by atoms with Gasteiger partial charge in [-0.05, 0) is 46.7 Å². The molecule has 0 spiro atoms. The lowest BCUT2D eigenvalue weighted by molar-refractivity contribution is 0.800. The zero-order valence-electron chi connectivity index (χ0n) is 11.1. The minimum atomic E-state index is 0.455. The third-order valence-corrected chi connectivity index (χ3v) is 3.68. The van der Waals surface area contributed by atoms with Gasteiger partial charge in [0.15, 0.2) is 5.65 Å². The van der Waals surface area contributed by atoms with Gasteiger partial charge in [0.05, 0.1) is 0 Å². The fourth-order valence-corrected chi connectivity index (χ4v) is 2.54. The van der Waals surface area contributed by atoms with Gasteiger partial charge in [-0.15, -0.1) is 5.10 Å². The highest BCUT2D eigenvalue weighted by molar-refractivity contribution is 5.99. The van der Waals surface area contributed by atoms with Crippen molar-refractivity contribution in [2.75, 3.05) is 0 Å². The number of hydrogen-bond donors (Lipinski definition) is 0. The van der Waals surface area contributed by atoms with Crippen LogP contribution in [0.3, 0.4) is 0 Å². The van der Waals surface area contributed by atoms with Crippen LogP contribution in [-0.2, 0) is 0 Å². The average molecular weight is 240 g/mol. The Morgan fingerprint density at radius 1 is 1.17 bits per heavy atom. The lowest BCUT2D eigenvalue weighted by Crippen LogP contribution is -2.01. The molecule has 2 heterocycles. The van der Waals surface area contributed by atoms with Crippen LogP contribution in [0.15, 0.2) is 18.2 Å². The Bertz CT molecular complexity index is 740. The first kappa shape index (κ1) is 11.1. The van der Waals surface area contributed by atoms with E-state index in [2.05, 4.69) is 61.4 Å². The van der Waals surface area contributed by atoms with Crippen molar-refractivity contribution >= 4 is 16.4 Å². The first-order valence-electron chi connectivity index (χ1n) is 6.21. The number of fused-ring (bicyclic) bond motifs is 3. The Morgan fingerprint density at radius 2 is 1.94 bits per heavy atom. The van der Waals surface area contributed by atoms with E-state index in [1.165, 1.54) is 21.9 Å².